The first-order valence-corrected chi connectivity index (χ1v) is 11.6. The zero-order valence-corrected chi connectivity index (χ0v) is 17.0. The molecule has 25 heavy (non-hydrogen) atoms. The molecule has 3 N–H and O–H groups in total. The minimum absolute atomic E-state index is 0.884. The van der Waals surface area contributed by atoms with Gasteiger partial charge in [-0.2, -0.15) is 0 Å². The van der Waals surface area contributed by atoms with Crippen LogP contribution in [-0.4, -0.2) is 32.7 Å². The van der Waals surface area contributed by atoms with Crippen LogP contribution < -0.4 is 10.2 Å². The predicted molar refractivity (Wildman–Crippen MR) is 107 cm³/mol. The van der Waals surface area contributed by atoms with E-state index in [4.69, 9.17) is 0 Å². The lowest BCUT2D eigenvalue weighted by molar-refractivity contribution is -0.909. The number of nitrogens with one attached hydrogen (secondary N) is 1. The van der Waals surface area contributed by atoms with Gasteiger partial charge in [-0.3, -0.25) is 0 Å². The molecule has 1 heterocycles. The first-order valence-electron chi connectivity index (χ1n) is 11.6. The van der Waals surface area contributed by atoms with Crippen molar-refractivity contribution in [2.45, 2.75) is 83.6 Å². The van der Waals surface area contributed by atoms with Crippen LogP contribution in [0, 0.1) is 23.7 Å². The predicted octanol–water partition coefficient (Wildman–Crippen LogP) is 2.81. The third kappa shape index (κ3) is 6.10. The average molecular weight is 349 g/mol. The monoisotopic (exact) mass is 348 g/mol. The lowest BCUT2D eigenvalue weighted by atomic mass is 9.80. The Kier molecular flexibility index (Phi) is 7.86. The van der Waals surface area contributed by atoms with Crippen molar-refractivity contribution in [3.05, 3.63) is 12.2 Å². The lowest BCUT2D eigenvalue weighted by Crippen LogP contribution is -3.13. The maximum absolute atomic E-state index is 2.61. The summed E-state index contributed by atoms with van der Waals surface area (Å²) in [5.74, 6) is 3.85. The van der Waals surface area contributed by atoms with E-state index in [1.165, 1.54) is 90.3 Å². The van der Waals surface area contributed by atoms with Crippen LogP contribution in [0.1, 0.15) is 77.6 Å². The number of rotatable bonds is 6. The molecule has 0 bridgehead atoms. The molecule has 1 aliphatic heterocycles. The highest BCUT2D eigenvalue weighted by atomic mass is 15.1. The zero-order valence-electron chi connectivity index (χ0n) is 17.0. The van der Waals surface area contributed by atoms with Crippen LogP contribution in [0.3, 0.4) is 0 Å². The zero-order chi connectivity index (χ0) is 17.5. The van der Waals surface area contributed by atoms with Gasteiger partial charge in [-0.1, -0.05) is 25.5 Å². The fourth-order valence-corrected chi connectivity index (χ4v) is 5.68. The fourth-order valence-electron chi connectivity index (χ4n) is 5.68. The molecule has 3 fully saturated rings. The van der Waals surface area contributed by atoms with Gasteiger partial charge in [-0.25, -0.2) is 0 Å². The van der Waals surface area contributed by atoms with E-state index in [0.29, 0.717) is 0 Å². The average Bonchev–Trinajstić information content (AvgIpc) is 2.68. The summed E-state index contributed by atoms with van der Waals surface area (Å²) < 4.78 is 0. The Morgan fingerprint density at radius 1 is 0.760 bits per heavy atom. The number of nitrogens with two attached hydrogens (primary N) is 1. The lowest BCUT2D eigenvalue weighted by Gasteiger charge is -2.33. The number of likely N-dealkylation sites (tertiary alicyclic amines) is 1. The van der Waals surface area contributed by atoms with Crippen LogP contribution in [-0.2, 0) is 0 Å². The highest BCUT2D eigenvalue weighted by Gasteiger charge is 2.27. The summed E-state index contributed by atoms with van der Waals surface area (Å²) in [7, 11) is 2.24. The van der Waals surface area contributed by atoms with E-state index < -0.39 is 0 Å². The van der Waals surface area contributed by atoms with Crippen molar-refractivity contribution in [2.24, 2.45) is 23.7 Å². The summed E-state index contributed by atoms with van der Waals surface area (Å²) in [6.07, 6.45) is 21.3. The Bertz CT molecular complexity index is 381. The van der Waals surface area contributed by atoms with Crippen LogP contribution in [0.25, 0.3) is 0 Å². The molecule has 0 aromatic rings. The van der Waals surface area contributed by atoms with E-state index in [2.05, 4.69) is 31.4 Å². The SMILES string of the molecule is CCC1CCC(C[NH+]2CCC(C=CC3CCC([NH2+]C)CC3)CC2)CC1. The highest BCUT2D eigenvalue weighted by Crippen LogP contribution is 2.30. The second-order valence-corrected chi connectivity index (χ2v) is 9.48. The molecule has 2 aliphatic carbocycles. The van der Waals surface area contributed by atoms with E-state index in [1.807, 2.05) is 4.90 Å². The summed E-state index contributed by atoms with van der Waals surface area (Å²) >= 11 is 0. The second-order valence-electron chi connectivity index (χ2n) is 9.48. The Hall–Kier alpha value is -0.340. The summed E-state index contributed by atoms with van der Waals surface area (Å²) in [6, 6.07) is 0.906. The maximum atomic E-state index is 2.61. The summed E-state index contributed by atoms with van der Waals surface area (Å²) in [6.45, 7) is 6.72. The van der Waals surface area contributed by atoms with Gasteiger partial charge in [0.1, 0.15) is 0 Å². The highest BCUT2D eigenvalue weighted by molar-refractivity contribution is 4.95. The molecule has 0 atom stereocenters. The van der Waals surface area contributed by atoms with Crippen molar-refractivity contribution in [3.63, 3.8) is 0 Å². The van der Waals surface area contributed by atoms with E-state index in [1.54, 1.807) is 0 Å². The van der Waals surface area contributed by atoms with Gasteiger partial charge in [0.2, 0.25) is 0 Å². The molecule has 1 saturated heterocycles. The number of quaternary nitrogens is 2. The molecule has 2 saturated carbocycles. The largest absolute Gasteiger partial charge is 0.346 e. The molecule has 0 amide bonds. The summed E-state index contributed by atoms with van der Waals surface area (Å²) in [5, 5.41) is 2.42. The Morgan fingerprint density at radius 3 is 1.88 bits per heavy atom. The standard InChI is InChI=1S/C23H42N2/c1-3-19-4-8-22(9-5-19)18-25-16-14-21(15-17-25)7-6-20-10-12-23(24-2)13-11-20/h6-7,19-24H,3-5,8-18H2,1-2H3/p+2. The number of piperidine rings is 1. The molecule has 0 radical (unpaired) electrons. The van der Waals surface area contributed by atoms with Crippen molar-refractivity contribution in [3.8, 4) is 0 Å². The third-order valence-corrected chi connectivity index (χ3v) is 7.80. The molecule has 144 valence electrons. The molecule has 2 heteroatoms. The molecule has 3 aliphatic rings. The van der Waals surface area contributed by atoms with Gasteiger partial charge < -0.3 is 10.2 Å². The van der Waals surface area contributed by atoms with Crippen molar-refractivity contribution in [2.75, 3.05) is 26.7 Å². The van der Waals surface area contributed by atoms with Gasteiger partial charge in [0.15, 0.2) is 0 Å². The minimum atomic E-state index is 0.884. The molecule has 0 spiro atoms. The minimum Gasteiger partial charge on any atom is -0.346 e. The Morgan fingerprint density at radius 2 is 1.32 bits per heavy atom. The molecular formula is C23H44N2+2. The molecule has 3 rings (SSSR count). The quantitative estimate of drug-likeness (QED) is 0.689. The number of hydrogen-bond donors (Lipinski definition) is 2. The van der Waals surface area contributed by atoms with E-state index >= 15 is 0 Å². The van der Waals surface area contributed by atoms with Gasteiger partial charge in [0.25, 0.3) is 0 Å². The molecule has 0 aromatic carbocycles. The smallest absolute Gasteiger partial charge is 0.0857 e. The van der Waals surface area contributed by atoms with Crippen molar-refractivity contribution in [1.82, 2.24) is 0 Å². The van der Waals surface area contributed by atoms with Crippen molar-refractivity contribution >= 4 is 0 Å². The van der Waals surface area contributed by atoms with Gasteiger partial charge >= 0.3 is 0 Å². The van der Waals surface area contributed by atoms with Crippen molar-refractivity contribution in [1.29, 1.82) is 0 Å². The first kappa shape index (κ1) is 19.4. The molecule has 0 unspecified atom stereocenters. The number of hydrogen-bond acceptors (Lipinski definition) is 0. The van der Waals surface area contributed by atoms with Gasteiger partial charge in [-0.05, 0) is 69.1 Å². The van der Waals surface area contributed by atoms with Crippen molar-refractivity contribution < 1.29 is 10.2 Å². The topological polar surface area (TPSA) is 21.1 Å². The van der Waals surface area contributed by atoms with E-state index in [9.17, 15) is 0 Å². The van der Waals surface area contributed by atoms with Crippen LogP contribution in [0.15, 0.2) is 12.2 Å². The fraction of sp³-hybridized carbons (Fsp3) is 0.913. The summed E-state index contributed by atoms with van der Waals surface area (Å²) in [4.78, 5) is 1.92. The molecule has 2 nitrogen and oxygen atoms in total. The normalized spacial score (nSPS) is 40.4. The van der Waals surface area contributed by atoms with Crippen LogP contribution in [0.2, 0.25) is 0 Å². The maximum Gasteiger partial charge on any atom is 0.0857 e. The van der Waals surface area contributed by atoms with Gasteiger partial charge in [0.05, 0.1) is 32.7 Å². The third-order valence-electron chi connectivity index (χ3n) is 7.80. The van der Waals surface area contributed by atoms with E-state index in [0.717, 1.165) is 29.7 Å². The second kappa shape index (κ2) is 10.1. The van der Waals surface area contributed by atoms with E-state index in [-0.39, 0.29) is 0 Å². The van der Waals surface area contributed by atoms with Crippen LogP contribution in [0.5, 0.6) is 0 Å². The van der Waals surface area contributed by atoms with Crippen LogP contribution >= 0.6 is 0 Å². The Balaban J connectivity index is 1.31. The molecular weight excluding hydrogens is 304 g/mol. The molecule has 0 aromatic heterocycles. The van der Waals surface area contributed by atoms with Crippen LogP contribution in [0.4, 0.5) is 0 Å². The number of allylic oxidation sites excluding steroid dienone is 2. The Labute approximate surface area is 156 Å². The first-order chi connectivity index (χ1) is 12.3. The van der Waals surface area contributed by atoms with Gasteiger partial charge in [0, 0.05) is 18.8 Å². The van der Waals surface area contributed by atoms with Gasteiger partial charge in [-0.15, -0.1) is 0 Å². The summed E-state index contributed by atoms with van der Waals surface area (Å²) in [5.41, 5.74) is 0.